The largest absolute Gasteiger partial charge is 0.497 e. The molecule has 10 heteroatoms. The van der Waals surface area contributed by atoms with Crippen LogP contribution < -0.4 is 14.8 Å². The van der Waals surface area contributed by atoms with Gasteiger partial charge in [-0.1, -0.05) is 17.7 Å². The number of ether oxygens (including phenoxy) is 2. The number of amides is 1. The number of sulfonamides is 1. The predicted octanol–water partition coefficient (Wildman–Crippen LogP) is 3.92. The highest BCUT2D eigenvalue weighted by molar-refractivity contribution is 7.88. The molecule has 2 aromatic rings. The van der Waals surface area contributed by atoms with E-state index in [9.17, 15) is 17.6 Å². The molecule has 1 aliphatic heterocycles. The molecule has 33 heavy (non-hydrogen) atoms. The maximum atomic E-state index is 14.0. The van der Waals surface area contributed by atoms with Crippen LogP contribution in [-0.2, 0) is 20.6 Å². The molecule has 0 saturated carbocycles. The first-order valence-corrected chi connectivity index (χ1v) is 12.6. The summed E-state index contributed by atoms with van der Waals surface area (Å²) in [5.41, 5.74) is 0.743. The lowest BCUT2D eigenvalue weighted by atomic mass is 9.96. The monoisotopic (exact) mass is 498 g/mol. The molecule has 1 unspecified atom stereocenters. The van der Waals surface area contributed by atoms with E-state index in [2.05, 4.69) is 5.32 Å². The second-order valence-corrected chi connectivity index (χ2v) is 10.3. The van der Waals surface area contributed by atoms with Gasteiger partial charge in [0.25, 0.3) is 0 Å². The van der Waals surface area contributed by atoms with Crippen molar-refractivity contribution in [2.24, 2.45) is 5.92 Å². The fourth-order valence-electron chi connectivity index (χ4n) is 3.93. The first kappa shape index (κ1) is 25.3. The summed E-state index contributed by atoms with van der Waals surface area (Å²) in [6.45, 7) is 2.22. The van der Waals surface area contributed by atoms with Crippen molar-refractivity contribution >= 4 is 27.5 Å². The molecule has 0 radical (unpaired) electrons. The SMILES string of the molecule is COc1ccc(OC)c(C(C)NC(=O)C2CCN(S(=O)(=O)Cc3c(F)cccc3Cl)CC2)c1. The number of benzene rings is 2. The second kappa shape index (κ2) is 10.7. The van der Waals surface area contributed by atoms with Crippen LogP contribution in [0.3, 0.4) is 0 Å². The molecule has 1 heterocycles. The molecule has 3 rings (SSSR count). The van der Waals surface area contributed by atoms with Gasteiger partial charge >= 0.3 is 0 Å². The Morgan fingerprint density at radius 3 is 2.52 bits per heavy atom. The van der Waals surface area contributed by atoms with Gasteiger partial charge in [-0.2, -0.15) is 0 Å². The molecule has 0 aliphatic carbocycles. The fourth-order valence-corrected chi connectivity index (χ4v) is 5.84. The number of hydrogen-bond acceptors (Lipinski definition) is 5. The average Bonchev–Trinajstić information content (AvgIpc) is 2.81. The third-order valence-electron chi connectivity index (χ3n) is 5.87. The smallest absolute Gasteiger partial charge is 0.223 e. The molecule has 0 bridgehead atoms. The zero-order valence-corrected chi connectivity index (χ0v) is 20.4. The van der Waals surface area contributed by atoms with Gasteiger partial charge in [0.2, 0.25) is 15.9 Å². The van der Waals surface area contributed by atoms with Crippen LogP contribution in [0.5, 0.6) is 11.5 Å². The minimum absolute atomic E-state index is 0.0416. The lowest BCUT2D eigenvalue weighted by molar-refractivity contribution is -0.126. The Hall–Kier alpha value is -2.36. The van der Waals surface area contributed by atoms with E-state index in [4.69, 9.17) is 21.1 Å². The zero-order chi connectivity index (χ0) is 24.2. The van der Waals surface area contributed by atoms with Crippen LogP contribution in [0.1, 0.15) is 36.9 Å². The molecule has 1 saturated heterocycles. The summed E-state index contributed by atoms with van der Waals surface area (Å²) in [6.07, 6.45) is 0.746. The van der Waals surface area contributed by atoms with Crippen molar-refractivity contribution in [1.29, 1.82) is 0 Å². The molecule has 0 aromatic heterocycles. The molecular weight excluding hydrogens is 471 g/mol. The molecule has 180 valence electrons. The Kier molecular flexibility index (Phi) is 8.20. The van der Waals surface area contributed by atoms with Crippen molar-refractivity contribution in [3.8, 4) is 11.5 Å². The Bertz CT molecular complexity index is 1080. The van der Waals surface area contributed by atoms with Crippen LogP contribution in [0.2, 0.25) is 5.02 Å². The average molecular weight is 499 g/mol. The molecule has 1 aliphatic rings. The van der Waals surface area contributed by atoms with Crippen LogP contribution in [-0.4, -0.2) is 45.9 Å². The molecule has 1 atom stereocenters. The topological polar surface area (TPSA) is 84.9 Å². The van der Waals surface area contributed by atoms with Gasteiger partial charge in [0, 0.05) is 35.2 Å². The standard InChI is InChI=1S/C23H28ClFN2O5S/c1-15(18-13-17(31-2)7-8-22(18)32-3)26-23(28)16-9-11-27(12-10-16)33(29,30)14-19-20(24)5-4-6-21(19)25/h4-8,13,15-16H,9-12,14H2,1-3H3,(H,26,28). The van der Waals surface area contributed by atoms with Crippen LogP contribution in [0.25, 0.3) is 0 Å². The van der Waals surface area contributed by atoms with E-state index in [1.807, 2.05) is 13.0 Å². The summed E-state index contributed by atoms with van der Waals surface area (Å²) in [5.74, 6) is -0.352. The summed E-state index contributed by atoms with van der Waals surface area (Å²) in [6, 6.07) is 9.12. The van der Waals surface area contributed by atoms with Gasteiger partial charge < -0.3 is 14.8 Å². The van der Waals surface area contributed by atoms with Crippen LogP contribution in [0, 0.1) is 11.7 Å². The third-order valence-corrected chi connectivity index (χ3v) is 8.03. The van der Waals surface area contributed by atoms with Gasteiger partial charge in [-0.3, -0.25) is 4.79 Å². The number of nitrogens with zero attached hydrogens (tertiary/aromatic N) is 1. The number of methoxy groups -OCH3 is 2. The molecule has 7 nitrogen and oxygen atoms in total. The van der Waals surface area contributed by atoms with Crippen molar-refractivity contribution in [2.75, 3.05) is 27.3 Å². The van der Waals surface area contributed by atoms with Gasteiger partial charge in [-0.25, -0.2) is 17.1 Å². The van der Waals surface area contributed by atoms with Crippen molar-refractivity contribution in [2.45, 2.75) is 31.6 Å². The van der Waals surface area contributed by atoms with E-state index < -0.39 is 21.6 Å². The number of rotatable bonds is 8. The summed E-state index contributed by atoms with van der Waals surface area (Å²) < 4.78 is 51.6. The number of carbonyl (C=O) groups excluding carboxylic acids is 1. The summed E-state index contributed by atoms with van der Waals surface area (Å²) in [7, 11) is -0.640. The summed E-state index contributed by atoms with van der Waals surface area (Å²) >= 11 is 5.99. The Labute approximate surface area is 198 Å². The Balaban J connectivity index is 1.61. The highest BCUT2D eigenvalue weighted by Crippen LogP contribution is 2.30. The lowest BCUT2D eigenvalue weighted by Gasteiger charge is -2.31. The van der Waals surface area contributed by atoms with Crippen LogP contribution in [0.4, 0.5) is 4.39 Å². The fraction of sp³-hybridized carbons (Fsp3) is 0.435. The molecule has 2 aromatic carbocycles. The van der Waals surface area contributed by atoms with Crippen molar-refractivity contribution in [1.82, 2.24) is 9.62 Å². The zero-order valence-electron chi connectivity index (χ0n) is 18.8. The lowest BCUT2D eigenvalue weighted by Crippen LogP contribution is -2.43. The number of halogens is 2. The van der Waals surface area contributed by atoms with Gasteiger partial charge in [0.15, 0.2) is 0 Å². The van der Waals surface area contributed by atoms with E-state index in [-0.39, 0.29) is 41.5 Å². The molecule has 1 N–H and O–H groups in total. The van der Waals surface area contributed by atoms with Crippen LogP contribution >= 0.6 is 11.6 Å². The van der Waals surface area contributed by atoms with Gasteiger partial charge in [0.05, 0.1) is 26.0 Å². The van der Waals surface area contributed by atoms with Gasteiger partial charge in [-0.15, -0.1) is 0 Å². The van der Waals surface area contributed by atoms with Crippen LogP contribution in [0.15, 0.2) is 36.4 Å². The third kappa shape index (κ3) is 5.96. The molecule has 1 fully saturated rings. The minimum Gasteiger partial charge on any atom is -0.497 e. The first-order valence-electron chi connectivity index (χ1n) is 10.6. The Morgan fingerprint density at radius 1 is 1.21 bits per heavy atom. The number of nitrogens with one attached hydrogen (secondary N) is 1. The predicted molar refractivity (Wildman–Crippen MR) is 124 cm³/mol. The van der Waals surface area contributed by atoms with Gasteiger partial charge in [-0.05, 0) is 50.1 Å². The normalized spacial score (nSPS) is 16.3. The number of piperidine rings is 1. The summed E-state index contributed by atoms with van der Waals surface area (Å²) in [4.78, 5) is 12.9. The molecular formula is C23H28ClFN2O5S. The van der Waals surface area contributed by atoms with E-state index in [1.165, 1.54) is 22.5 Å². The van der Waals surface area contributed by atoms with Crippen molar-refractivity contribution in [3.63, 3.8) is 0 Å². The maximum Gasteiger partial charge on any atom is 0.223 e. The Morgan fingerprint density at radius 2 is 1.91 bits per heavy atom. The minimum atomic E-state index is -3.77. The summed E-state index contributed by atoms with van der Waals surface area (Å²) in [5, 5.41) is 3.07. The van der Waals surface area contributed by atoms with E-state index in [0.29, 0.717) is 24.3 Å². The number of hydrogen-bond donors (Lipinski definition) is 1. The van der Waals surface area contributed by atoms with E-state index >= 15 is 0 Å². The van der Waals surface area contributed by atoms with Gasteiger partial charge in [0.1, 0.15) is 17.3 Å². The molecule has 0 spiro atoms. The quantitative estimate of drug-likeness (QED) is 0.596. The van der Waals surface area contributed by atoms with Crippen molar-refractivity contribution < 1.29 is 27.1 Å². The first-order chi connectivity index (χ1) is 15.7. The highest BCUT2D eigenvalue weighted by atomic mass is 35.5. The van der Waals surface area contributed by atoms with E-state index in [0.717, 1.165) is 5.56 Å². The second-order valence-electron chi connectivity index (χ2n) is 7.97. The highest BCUT2D eigenvalue weighted by Gasteiger charge is 2.32. The maximum absolute atomic E-state index is 14.0. The number of carbonyl (C=O) groups is 1. The molecule has 1 amide bonds. The van der Waals surface area contributed by atoms with Crippen molar-refractivity contribution in [3.05, 3.63) is 58.4 Å². The van der Waals surface area contributed by atoms with E-state index in [1.54, 1.807) is 26.4 Å².